The molecule has 0 aromatic heterocycles. The smallest absolute Gasteiger partial charge is 0.255 e. The normalized spacial score (nSPS) is 12.8. The van der Waals surface area contributed by atoms with Gasteiger partial charge in [-0.3, -0.25) is 4.79 Å². The van der Waals surface area contributed by atoms with Gasteiger partial charge in [-0.25, -0.2) is 0 Å². The van der Waals surface area contributed by atoms with Crippen molar-refractivity contribution in [3.05, 3.63) is 48.0 Å². The average molecular weight is 341 g/mol. The van der Waals surface area contributed by atoms with Crippen LogP contribution < -0.4 is 19.5 Å². The Hall–Kier alpha value is -2.69. The van der Waals surface area contributed by atoms with E-state index in [9.17, 15) is 4.79 Å². The van der Waals surface area contributed by atoms with E-state index in [1.165, 1.54) is 0 Å². The third kappa shape index (κ3) is 4.66. The molecule has 1 amide bonds. The van der Waals surface area contributed by atoms with E-state index in [0.29, 0.717) is 48.5 Å². The molecule has 2 aromatic rings. The topological polar surface area (TPSA) is 56.8 Å². The largest absolute Gasteiger partial charge is 0.494 e. The lowest BCUT2D eigenvalue weighted by Gasteiger charge is -2.19. The van der Waals surface area contributed by atoms with Crippen molar-refractivity contribution in [1.29, 1.82) is 0 Å². The molecule has 5 heteroatoms. The molecule has 0 saturated carbocycles. The van der Waals surface area contributed by atoms with Gasteiger partial charge in [-0.05, 0) is 48.7 Å². The highest BCUT2D eigenvalue weighted by atomic mass is 16.6. The monoisotopic (exact) mass is 341 g/mol. The number of ether oxygens (including phenoxy) is 3. The molecule has 5 nitrogen and oxygen atoms in total. The van der Waals surface area contributed by atoms with Crippen LogP contribution in [0.2, 0.25) is 0 Å². The number of anilines is 1. The first-order valence-corrected chi connectivity index (χ1v) is 8.55. The molecule has 1 N–H and O–H groups in total. The molecule has 2 aromatic carbocycles. The molecule has 0 radical (unpaired) electrons. The number of hydrogen-bond donors (Lipinski definition) is 1. The van der Waals surface area contributed by atoms with Crippen molar-refractivity contribution in [1.82, 2.24) is 0 Å². The number of nitrogens with one attached hydrogen (secondary N) is 1. The Morgan fingerprint density at radius 1 is 1.08 bits per heavy atom. The van der Waals surface area contributed by atoms with Gasteiger partial charge >= 0.3 is 0 Å². The zero-order valence-electron chi connectivity index (χ0n) is 14.6. The van der Waals surface area contributed by atoms with E-state index in [4.69, 9.17) is 14.2 Å². The van der Waals surface area contributed by atoms with Crippen LogP contribution in [0.4, 0.5) is 5.69 Å². The summed E-state index contributed by atoms with van der Waals surface area (Å²) in [5.74, 6) is 2.56. The lowest BCUT2D eigenvalue weighted by Crippen LogP contribution is -2.16. The molecular weight excluding hydrogens is 318 g/mol. The number of carbonyl (C=O) groups excluding carboxylic acids is 1. The summed E-state index contributed by atoms with van der Waals surface area (Å²) in [6, 6.07) is 12.5. The first-order valence-electron chi connectivity index (χ1n) is 8.55. The molecule has 0 aliphatic carbocycles. The van der Waals surface area contributed by atoms with E-state index in [1.807, 2.05) is 12.1 Å². The first-order chi connectivity index (χ1) is 12.1. The highest BCUT2D eigenvalue weighted by molar-refractivity contribution is 6.04. The minimum Gasteiger partial charge on any atom is -0.494 e. The lowest BCUT2D eigenvalue weighted by atomic mass is 10.1. The number of benzene rings is 2. The second-order valence-electron chi connectivity index (χ2n) is 6.37. The fourth-order valence-corrected chi connectivity index (χ4v) is 2.44. The van der Waals surface area contributed by atoms with E-state index < -0.39 is 0 Å². The molecular formula is C20H23NO4. The van der Waals surface area contributed by atoms with Crippen LogP contribution in [0, 0.1) is 5.92 Å². The minimum atomic E-state index is -0.176. The molecule has 0 atom stereocenters. The SMILES string of the molecule is CC(C)CCOc1ccc(C(=O)Nc2ccc3c(c2)OCCO3)cc1. The van der Waals surface area contributed by atoms with E-state index in [0.717, 1.165) is 12.2 Å². The summed E-state index contributed by atoms with van der Waals surface area (Å²) >= 11 is 0. The van der Waals surface area contributed by atoms with Crippen molar-refractivity contribution in [2.45, 2.75) is 20.3 Å². The molecule has 25 heavy (non-hydrogen) atoms. The van der Waals surface area contributed by atoms with Gasteiger partial charge in [0, 0.05) is 17.3 Å². The average Bonchev–Trinajstić information content (AvgIpc) is 2.62. The van der Waals surface area contributed by atoms with Gasteiger partial charge in [0.05, 0.1) is 6.61 Å². The second-order valence-corrected chi connectivity index (χ2v) is 6.37. The molecule has 132 valence electrons. The quantitative estimate of drug-likeness (QED) is 0.858. The number of hydrogen-bond acceptors (Lipinski definition) is 4. The maximum absolute atomic E-state index is 12.4. The van der Waals surface area contributed by atoms with Crippen molar-refractivity contribution in [2.24, 2.45) is 5.92 Å². The Balaban J connectivity index is 1.59. The van der Waals surface area contributed by atoms with Crippen LogP contribution in [0.25, 0.3) is 0 Å². The minimum absolute atomic E-state index is 0.176. The zero-order chi connectivity index (χ0) is 17.6. The maximum Gasteiger partial charge on any atom is 0.255 e. The van der Waals surface area contributed by atoms with Crippen molar-refractivity contribution in [3.8, 4) is 17.2 Å². The summed E-state index contributed by atoms with van der Waals surface area (Å²) in [7, 11) is 0. The van der Waals surface area contributed by atoms with Gasteiger partial charge < -0.3 is 19.5 Å². The number of amides is 1. The molecule has 1 aliphatic heterocycles. The highest BCUT2D eigenvalue weighted by Crippen LogP contribution is 2.32. The summed E-state index contributed by atoms with van der Waals surface area (Å²) in [5, 5.41) is 2.87. The van der Waals surface area contributed by atoms with Crippen molar-refractivity contribution in [2.75, 3.05) is 25.1 Å². The summed E-state index contributed by atoms with van der Waals surface area (Å²) in [4.78, 5) is 12.4. The maximum atomic E-state index is 12.4. The van der Waals surface area contributed by atoms with Gasteiger partial charge in [0.25, 0.3) is 5.91 Å². The molecule has 3 rings (SSSR count). The predicted octanol–water partition coefficient (Wildman–Crippen LogP) is 4.14. The molecule has 0 saturated heterocycles. The Morgan fingerprint density at radius 2 is 1.80 bits per heavy atom. The fraction of sp³-hybridized carbons (Fsp3) is 0.350. The first kappa shape index (κ1) is 17.1. The summed E-state index contributed by atoms with van der Waals surface area (Å²) in [6.45, 7) is 6.07. The van der Waals surface area contributed by atoms with Crippen LogP contribution in [0.5, 0.6) is 17.2 Å². The van der Waals surface area contributed by atoms with Crippen molar-refractivity contribution < 1.29 is 19.0 Å². The Kier molecular flexibility index (Phi) is 5.43. The third-order valence-electron chi connectivity index (χ3n) is 3.88. The van der Waals surface area contributed by atoms with E-state index in [-0.39, 0.29) is 5.91 Å². The molecule has 0 spiro atoms. The summed E-state index contributed by atoms with van der Waals surface area (Å²) in [5.41, 5.74) is 1.25. The number of fused-ring (bicyclic) bond motifs is 1. The highest BCUT2D eigenvalue weighted by Gasteiger charge is 2.13. The van der Waals surface area contributed by atoms with Gasteiger partial charge in [-0.15, -0.1) is 0 Å². The predicted molar refractivity (Wildman–Crippen MR) is 96.8 cm³/mol. The summed E-state index contributed by atoms with van der Waals surface area (Å²) in [6.07, 6.45) is 1.01. The Bertz CT molecular complexity index is 725. The fourth-order valence-electron chi connectivity index (χ4n) is 2.44. The molecule has 1 aliphatic rings. The van der Waals surface area contributed by atoms with Gasteiger partial charge in [-0.1, -0.05) is 13.8 Å². The van der Waals surface area contributed by atoms with Crippen LogP contribution in [0.3, 0.4) is 0 Å². The van der Waals surface area contributed by atoms with Crippen LogP contribution >= 0.6 is 0 Å². The van der Waals surface area contributed by atoms with Gasteiger partial charge in [-0.2, -0.15) is 0 Å². The molecule has 0 unspecified atom stereocenters. The molecule has 1 heterocycles. The van der Waals surface area contributed by atoms with Crippen LogP contribution in [-0.4, -0.2) is 25.7 Å². The van der Waals surface area contributed by atoms with Gasteiger partial charge in [0.2, 0.25) is 0 Å². The van der Waals surface area contributed by atoms with E-state index >= 15 is 0 Å². The standard InChI is InChI=1S/C20H23NO4/c1-14(2)9-10-23-17-6-3-15(4-7-17)20(22)21-16-5-8-18-19(13-16)25-12-11-24-18/h3-8,13-14H,9-12H2,1-2H3,(H,21,22). The van der Waals surface area contributed by atoms with E-state index in [1.54, 1.807) is 30.3 Å². The van der Waals surface area contributed by atoms with Crippen molar-refractivity contribution in [3.63, 3.8) is 0 Å². The van der Waals surface area contributed by atoms with Gasteiger partial charge in [0.15, 0.2) is 11.5 Å². The molecule has 0 bridgehead atoms. The van der Waals surface area contributed by atoms with Gasteiger partial charge in [0.1, 0.15) is 19.0 Å². The number of rotatable bonds is 6. The second kappa shape index (κ2) is 7.92. The van der Waals surface area contributed by atoms with E-state index in [2.05, 4.69) is 19.2 Å². The lowest BCUT2D eigenvalue weighted by molar-refractivity contribution is 0.102. The molecule has 0 fully saturated rings. The Morgan fingerprint density at radius 3 is 2.52 bits per heavy atom. The zero-order valence-corrected chi connectivity index (χ0v) is 14.6. The van der Waals surface area contributed by atoms with Crippen molar-refractivity contribution >= 4 is 11.6 Å². The summed E-state index contributed by atoms with van der Waals surface area (Å²) < 4.78 is 16.7. The van der Waals surface area contributed by atoms with Crippen LogP contribution in [0.15, 0.2) is 42.5 Å². The van der Waals surface area contributed by atoms with Crippen LogP contribution in [-0.2, 0) is 0 Å². The number of carbonyl (C=O) groups is 1. The third-order valence-corrected chi connectivity index (χ3v) is 3.88. The Labute approximate surface area is 147 Å². The van der Waals surface area contributed by atoms with Crippen LogP contribution in [0.1, 0.15) is 30.6 Å².